The Morgan fingerprint density at radius 3 is 2.58 bits per heavy atom. The van der Waals surface area contributed by atoms with Crippen LogP contribution in [0.3, 0.4) is 0 Å². The van der Waals surface area contributed by atoms with Gasteiger partial charge in [0.1, 0.15) is 11.9 Å². The van der Waals surface area contributed by atoms with E-state index in [0.29, 0.717) is 6.54 Å². The molecule has 1 unspecified atom stereocenters. The average Bonchev–Trinajstić information content (AvgIpc) is 2.35. The number of hydrogen-bond acceptors (Lipinski definition) is 3. The van der Waals surface area contributed by atoms with E-state index < -0.39 is 5.54 Å². The van der Waals surface area contributed by atoms with Crippen molar-refractivity contribution in [3.05, 3.63) is 29.8 Å². The van der Waals surface area contributed by atoms with Gasteiger partial charge in [0.05, 0.1) is 12.1 Å². The lowest BCUT2D eigenvalue weighted by Gasteiger charge is -2.22. The van der Waals surface area contributed by atoms with Crippen LogP contribution in [0.4, 0.5) is 0 Å². The zero-order chi connectivity index (χ0) is 14.5. The zero-order valence-corrected chi connectivity index (χ0v) is 12.2. The second kappa shape index (κ2) is 6.57. The van der Waals surface area contributed by atoms with Crippen LogP contribution in [0, 0.1) is 6.92 Å². The molecular weight excluding hydrogens is 240 g/mol. The summed E-state index contributed by atoms with van der Waals surface area (Å²) in [6.45, 7) is 7.87. The van der Waals surface area contributed by atoms with Gasteiger partial charge >= 0.3 is 0 Å². The lowest BCUT2D eigenvalue weighted by molar-refractivity contribution is -0.125. The molecule has 1 aromatic rings. The molecule has 1 atom stereocenters. The Kier molecular flexibility index (Phi) is 5.36. The predicted molar refractivity (Wildman–Crippen MR) is 77.2 cm³/mol. The number of nitrogens with one attached hydrogen (secondary N) is 1. The fourth-order valence-corrected chi connectivity index (χ4v) is 1.57. The number of benzene rings is 1. The molecule has 1 aromatic carbocycles. The summed E-state index contributed by atoms with van der Waals surface area (Å²) < 4.78 is 5.90. The molecule has 4 nitrogen and oxygen atoms in total. The largest absolute Gasteiger partial charge is 0.488 e. The van der Waals surface area contributed by atoms with Gasteiger partial charge in [-0.05, 0) is 38.8 Å². The molecule has 0 bridgehead atoms. The Balaban J connectivity index is 2.56. The van der Waals surface area contributed by atoms with Crippen molar-refractivity contribution in [1.82, 2.24) is 5.32 Å². The van der Waals surface area contributed by atoms with E-state index in [4.69, 9.17) is 10.5 Å². The van der Waals surface area contributed by atoms with E-state index in [2.05, 4.69) is 5.32 Å². The van der Waals surface area contributed by atoms with Gasteiger partial charge in [-0.2, -0.15) is 0 Å². The second-order valence-electron chi connectivity index (χ2n) is 5.35. The van der Waals surface area contributed by atoms with Crippen molar-refractivity contribution in [2.45, 2.75) is 45.8 Å². The van der Waals surface area contributed by atoms with Crippen molar-refractivity contribution in [2.75, 3.05) is 6.54 Å². The maximum Gasteiger partial charge on any atom is 0.239 e. The molecule has 0 aliphatic carbocycles. The summed E-state index contributed by atoms with van der Waals surface area (Å²) in [7, 11) is 0. The summed E-state index contributed by atoms with van der Waals surface area (Å²) in [5.74, 6) is 0.690. The van der Waals surface area contributed by atoms with Crippen molar-refractivity contribution in [1.29, 1.82) is 0 Å². The second-order valence-corrected chi connectivity index (χ2v) is 5.35. The van der Waals surface area contributed by atoms with Gasteiger partial charge in [0.25, 0.3) is 0 Å². The number of para-hydroxylation sites is 1. The molecule has 0 aliphatic rings. The van der Waals surface area contributed by atoms with Gasteiger partial charge in [-0.15, -0.1) is 0 Å². The molecule has 0 heterocycles. The summed E-state index contributed by atoms with van der Waals surface area (Å²) >= 11 is 0. The van der Waals surface area contributed by atoms with Gasteiger partial charge in [0.2, 0.25) is 5.91 Å². The minimum atomic E-state index is -0.860. The number of amides is 1. The first kappa shape index (κ1) is 15.5. The molecule has 0 fully saturated rings. The van der Waals surface area contributed by atoms with Gasteiger partial charge in [-0.1, -0.05) is 25.1 Å². The Hall–Kier alpha value is -1.55. The third-order valence-electron chi connectivity index (χ3n) is 2.92. The first-order chi connectivity index (χ1) is 8.84. The molecule has 0 radical (unpaired) electrons. The SMILES string of the molecule is CCC(CNC(=O)C(C)(C)N)Oc1ccccc1C. The highest BCUT2D eigenvalue weighted by atomic mass is 16.5. The number of carbonyl (C=O) groups is 1. The molecule has 0 aliphatic heterocycles. The van der Waals surface area contributed by atoms with Gasteiger partial charge in [-0.25, -0.2) is 0 Å². The van der Waals surface area contributed by atoms with Crippen molar-refractivity contribution < 1.29 is 9.53 Å². The Morgan fingerprint density at radius 2 is 2.05 bits per heavy atom. The van der Waals surface area contributed by atoms with Crippen LogP contribution in [0.5, 0.6) is 5.75 Å². The molecule has 3 N–H and O–H groups in total. The lowest BCUT2D eigenvalue weighted by atomic mass is 10.1. The summed E-state index contributed by atoms with van der Waals surface area (Å²) in [6, 6.07) is 7.86. The first-order valence-corrected chi connectivity index (χ1v) is 6.64. The molecule has 0 saturated heterocycles. The van der Waals surface area contributed by atoms with E-state index in [-0.39, 0.29) is 12.0 Å². The minimum Gasteiger partial charge on any atom is -0.488 e. The van der Waals surface area contributed by atoms with Crippen molar-refractivity contribution in [2.24, 2.45) is 5.73 Å². The number of ether oxygens (including phenoxy) is 1. The summed E-state index contributed by atoms with van der Waals surface area (Å²) in [6.07, 6.45) is 0.770. The van der Waals surface area contributed by atoms with Crippen molar-refractivity contribution in [3.63, 3.8) is 0 Å². The van der Waals surface area contributed by atoms with Crippen LogP contribution in [0.15, 0.2) is 24.3 Å². The van der Waals surface area contributed by atoms with E-state index in [1.165, 1.54) is 0 Å². The third kappa shape index (κ3) is 4.91. The topological polar surface area (TPSA) is 64.4 Å². The monoisotopic (exact) mass is 264 g/mol. The molecule has 1 amide bonds. The highest BCUT2D eigenvalue weighted by molar-refractivity contribution is 5.85. The molecule has 0 aromatic heterocycles. The van der Waals surface area contributed by atoms with Crippen LogP contribution in [0.25, 0.3) is 0 Å². The van der Waals surface area contributed by atoms with Crippen LogP contribution in [-0.2, 0) is 4.79 Å². The van der Waals surface area contributed by atoms with Crippen LogP contribution in [-0.4, -0.2) is 24.1 Å². The number of carbonyl (C=O) groups excluding carboxylic acids is 1. The molecule has 1 rings (SSSR count). The van der Waals surface area contributed by atoms with E-state index in [1.807, 2.05) is 38.1 Å². The van der Waals surface area contributed by atoms with Crippen LogP contribution < -0.4 is 15.8 Å². The molecule has 106 valence electrons. The maximum absolute atomic E-state index is 11.7. The highest BCUT2D eigenvalue weighted by Crippen LogP contribution is 2.18. The quantitative estimate of drug-likeness (QED) is 0.826. The Morgan fingerprint density at radius 1 is 1.42 bits per heavy atom. The standard InChI is InChI=1S/C15H24N2O2/c1-5-12(10-17-14(18)15(3,4)16)19-13-9-7-6-8-11(13)2/h6-9,12H,5,10,16H2,1-4H3,(H,17,18). The van der Waals surface area contributed by atoms with Crippen molar-refractivity contribution >= 4 is 5.91 Å². The van der Waals surface area contributed by atoms with Gasteiger partial charge in [0, 0.05) is 0 Å². The number of rotatable bonds is 6. The minimum absolute atomic E-state index is 0.0487. The number of aryl methyl sites for hydroxylation is 1. The predicted octanol–water partition coefficient (Wildman–Crippen LogP) is 2.01. The van der Waals surface area contributed by atoms with Gasteiger partial charge in [0.15, 0.2) is 0 Å². The van der Waals surface area contributed by atoms with Gasteiger partial charge in [-0.3, -0.25) is 4.79 Å². The number of hydrogen-bond donors (Lipinski definition) is 2. The molecule has 19 heavy (non-hydrogen) atoms. The van der Waals surface area contributed by atoms with E-state index >= 15 is 0 Å². The fourth-order valence-electron chi connectivity index (χ4n) is 1.57. The Labute approximate surface area is 115 Å². The average molecular weight is 264 g/mol. The third-order valence-corrected chi connectivity index (χ3v) is 2.92. The smallest absolute Gasteiger partial charge is 0.239 e. The van der Waals surface area contributed by atoms with Gasteiger partial charge < -0.3 is 15.8 Å². The van der Waals surface area contributed by atoms with Crippen LogP contribution >= 0.6 is 0 Å². The summed E-state index contributed by atoms with van der Waals surface area (Å²) in [5.41, 5.74) is 5.96. The normalized spacial score (nSPS) is 12.9. The molecule has 4 heteroatoms. The fraction of sp³-hybridized carbons (Fsp3) is 0.533. The lowest BCUT2D eigenvalue weighted by Crippen LogP contribution is -2.51. The molecule has 0 spiro atoms. The summed E-state index contributed by atoms with van der Waals surface area (Å²) in [4.78, 5) is 11.7. The van der Waals surface area contributed by atoms with E-state index in [0.717, 1.165) is 17.7 Å². The zero-order valence-electron chi connectivity index (χ0n) is 12.2. The maximum atomic E-state index is 11.7. The van der Waals surface area contributed by atoms with Crippen molar-refractivity contribution in [3.8, 4) is 5.75 Å². The van der Waals surface area contributed by atoms with Crippen LogP contribution in [0.1, 0.15) is 32.8 Å². The van der Waals surface area contributed by atoms with E-state index in [9.17, 15) is 4.79 Å². The first-order valence-electron chi connectivity index (χ1n) is 6.64. The number of nitrogens with two attached hydrogens (primary N) is 1. The Bertz CT molecular complexity index is 424. The molecule has 0 saturated carbocycles. The van der Waals surface area contributed by atoms with E-state index in [1.54, 1.807) is 13.8 Å². The summed E-state index contributed by atoms with van der Waals surface area (Å²) in [5, 5.41) is 2.82. The highest BCUT2D eigenvalue weighted by Gasteiger charge is 2.22. The molecular formula is C15H24N2O2. The van der Waals surface area contributed by atoms with Crippen LogP contribution in [0.2, 0.25) is 0 Å².